The molecule has 2 aromatic rings. The first-order valence-electron chi connectivity index (χ1n) is 8.97. The van der Waals surface area contributed by atoms with E-state index in [4.69, 9.17) is 0 Å². The Morgan fingerprint density at radius 3 is 2.39 bits per heavy atom. The van der Waals surface area contributed by atoms with Crippen LogP contribution in [0.15, 0.2) is 42.5 Å². The van der Waals surface area contributed by atoms with Crippen molar-refractivity contribution in [2.24, 2.45) is 0 Å². The number of imide groups is 1. The number of hydrogen-bond acceptors (Lipinski definition) is 7. The number of amides is 4. The number of urea groups is 1. The summed E-state index contributed by atoms with van der Waals surface area (Å²) >= 11 is 0. The number of rotatable bonds is 6. The van der Waals surface area contributed by atoms with Crippen molar-refractivity contribution in [1.29, 1.82) is 0 Å². The second-order valence-corrected chi connectivity index (χ2v) is 7.06. The summed E-state index contributed by atoms with van der Waals surface area (Å²) in [5.74, 6) is -1.50. The molecule has 1 atom stereocenters. The van der Waals surface area contributed by atoms with Gasteiger partial charge in [0, 0.05) is 24.3 Å². The number of hydrogen-bond donors (Lipinski definition) is 2. The Labute approximate surface area is 175 Å². The van der Waals surface area contributed by atoms with Gasteiger partial charge >= 0.3 is 6.03 Å². The monoisotopic (exact) mass is 427 g/mol. The smallest absolute Gasteiger partial charge is 0.324 e. The molecule has 0 saturated carbocycles. The van der Waals surface area contributed by atoms with Crippen LogP contribution >= 0.6 is 0 Å². The van der Waals surface area contributed by atoms with Crippen LogP contribution in [-0.2, 0) is 15.1 Å². The topological polar surface area (TPSA) is 165 Å². The van der Waals surface area contributed by atoms with Gasteiger partial charge in [0.05, 0.1) is 15.5 Å². The molecule has 1 saturated heterocycles. The minimum absolute atomic E-state index is 0.174. The molecule has 0 spiro atoms. The van der Waals surface area contributed by atoms with Gasteiger partial charge in [0.15, 0.2) is 0 Å². The van der Waals surface area contributed by atoms with Gasteiger partial charge in [-0.15, -0.1) is 0 Å². The zero-order valence-electron chi connectivity index (χ0n) is 16.4. The Balaban J connectivity index is 1.80. The van der Waals surface area contributed by atoms with E-state index in [1.165, 1.54) is 49.4 Å². The summed E-state index contributed by atoms with van der Waals surface area (Å²) in [5.41, 5.74) is -1.15. The van der Waals surface area contributed by atoms with Crippen molar-refractivity contribution in [3.8, 4) is 0 Å². The van der Waals surface area contributed by atoms with E-state index in [1.807, 2.05) is 0 Å². The Morgan fingerprint density at radius 2 is 1.74 bits per heavy atom. The third-order valence-electron chi connectivity index (χ3n) is 4.92. The Hall–Kier alpha value is -4.35. The standard InChI is InChI=1S/C19H17N5O7/c1-11-6-7-14(24(30)31)9-15(11)20-16(25)10-22-17(26)19(2,21-18(22)27)12-4-3-5-13(8-12)23(28)29/h3-9H,10H2,1-2H3,(H,20,25)(H,21,27). The molecule has 2 N–H and O–H groups in total. The molecule has 160 valence electrons. The van der Waals surface area contributed by atoms with Crippen LogP contribution < -0.4 is 10.6 Å². The van der Waals surface area contributed by atoms with Gasteiger partial charge in [0.1, 0.15) is 12.1 Å². The summed E-state index contributed by atoms with van der Waals surface area (Å²) in [5, 5.41) is 26.9. The largest absolute Gasteiger partial charge is 0.325 e. The number of anilines is 1. The second-order valence-electron chi connectivity index (χ2n) is 7.06. The minimum atomic E-state index is -1.59. The molecule has 1 unspecified atom stereocenters. The van der Waals surface area contributed by atoms with E-state index in [0.717, 1.165) is 0 Å². The molecule has 0 aromatic heterocycles. The fourth-order valence-corrected chi connectivity index (χ4v) is 3.16. The summed E-state index contributed by atoms with van der Waals surface area (Å²) in [6.45, 7) is 2.37. The molecule has 12 heteroatoms. The van der Waals surface area contributed by atoms with E-state index in [2.05, 4.69) is 10.6 Å². The fraction of sp³-hybridized carbons (Fsp3) is 0.211. The third-order valence-corrected chi connectivity index (χ3v) is 4.92. The number of nitrogens with zero attached hydrogens (tertiary/aromatic N) is 3. The number of non-ortho nitro benzene ring substituents is 2. The fourth-order valence-electron chi connectivity index (χ4n) is 3.16. The van der Waals surface area contributed by atoms with Crippen LogP contribution in [0.1, 0.15) is 18.1 Å². The molecule has 31 heavy (non-hydrogen) atoms. The molecule has 0 aliphatic carbocycles. The number of benzene rings is 2. The molecule has 0 radical (unpaired) electrons. The predicted molar refractivity (Wildman–Crippen MR) is 107 cm³/mol. The minimum Gasteiger partial charge on any atom is -0.324 e. The normalized spacial score (nSPS) is 17.9. The lowest BCUT2D eigenvalue weighted by Gasteiger charge is -2.22. The van der Waals surface area contributed by atoms with Crippen molar-refractivity contribution in [1.82, 2.24) is 10.2 Å². The van der Waals surface area contributed by atoms with Crippen molar-refractivity contribution in [2.45, 2.75) is 19.4 Å². The van der Waals surface area contributed by atoms with Crippen LogP contribution in [0.25, 0.3) is 0 Å². The lowest BCUT2D eigenvalue weighted by molar-refractivity contribution is -0.385. The van der Waals surface area contributed by atoms with Gasteiger partial charge in [-0.05, 0) is 25.0 Å². The van der Waals surface area contributed by atoms with E-state index < -0.39 is 39.8 Å². The SMILES string of the molecule is Cc1ccc([N+](=O)[O-])cc1NC(=O)CN1C(=O)NC(C)(c2cccc([N+](=O)[O-])c2)C1=O. The molecule has 0 bridgehead atoms. The Kier molecular flexibility index (Phi) is 5.39. The maximum atomic E-state index is 12.9. The first-order valence-corrected chi connectivity index (χ1v) is 8.97. The number of carbonyl (C=O) groups excluding carboxylic acids is 3. The maximum absolute atomic E-state index is 12.9. The van der Waals surface area contributed by atoms with Gasteiger partial charge in [-0.3, -0.25) is 34.7 Å². The third kappa shape index (κ3) is 4.03. The first-order chi connectivity index (χ1) is 14.5. The highest BCUT2D eigenvalue weighted by Gasteiger charge is 2.49. The molecule has 2 aromatic carbocycles. The molecular formula is C19H17N5O7. The molecule has 3 rings (SSSR count). The van der Waals surface area contributed by atoms with Crippen molar-refractivity contribution in [3.05, 3.63) is 73.8 Å². The highest BCUT2D eigenvalue weighted by molar-refractivity contribution is 6.10. The zero-order valence-corrected chi connectivity index (χ0v) is 16.4. The van der Waals surface area contributed by atoms with Gasteiger partial charge in [0.25, 0.3) is 17.3 Å². The number of carbonyl (C=O) groups is 3. The van der Waals surface area contributed by atoms with Gasteiger partial charge in [-0.25, -0.2) is 4.79 Å². The Morgan fingerprint density at radius 1 is 1.10 bits per heavy atom. The quantitative estimate of drug-likeness (QED) is 0.405. The van der Waals surface area contributed by atoms with Crippen molar-refractivity contribution >= 4 is 34.9 Å². The van der Waals surface area contributed by atoms with Crippen LogP contribution in [0.5, 0.6) is 0 Å². The highest BCUT2D eigenvalue weighted by Crippen LogP contribution is 2.31. The molecule has 12 nitrogen and oxygen atoms in total. The molecule has 1 aliphatic rings. The highest BCUT2D eigenvalue weighted by atomic mass is 16.6. The Bertz CT molecular complexity index is 1130. The zero-order chi connectivity index (χ0) is 22.9. The van der Waals surface area contributed by atoms with Crippen LogP contribution in [0.3, 0.4) is 0 Å². The average molecular weight is 427 g/mol. The lowest BCUT2D eigenvalue weighted by atomic mass is 9.91. The van der Waals surface area contributed by atoms with E-state index in [1.54, 1.807) is 6.92 Å². The molecule has 1 aliphatic heterocycles. The van der Waals surface area contributed by atoms with E-state index in [9.17, 15) is 34.6 Å². The number of nitrogens with one attached hydrogen (secondary N) is 2. The predicted octanol–water partition coefficient (Wildman–Crippen LogP) is 2.22. The molecule has 4 amide bonds. The molecule has 1 heterocycles. The van der Waals surface area contributed by atoms with Crippen LogP contribution in [0, 0.1) is 27.2 Å². The number of nitro groups is 2. The first kappa shape index (κ1) is 21.4. The van der Waals surface area contributed by atoms with E-state index in [-0.39, 0.29) is 22.6 Å². The van der Waals surface area contributed by atoms with E-state index >= 15 is 0 Å². The van der Waals surface area contributed by atoms with Crippen LogP contribution in [-0.4, -0.2) is 39.1 Å². The van der Waals surface area contributed by atoms with Crippen molar-refractivity contribution < 1.29 is 24.2 Å². The summed E-state index contributed by atoms with van der Waals surface area (Å²) in [6.07, 6.45) is 0. The second kappa shape index (κ2) is 7.82. The van der Waals surface area contributed by atoms with Gasteiger partial charge in [0.2, 0.25) is 5.91 Å². The molecular weight excluding hydrogens is 410 g/mol. The summed E-state index contributed by atoms with van der Waals surface area (Å²) in [4.78, 5) is 59.1. The lowest BCUT2D eigenvalue weighted by Crippen LogP contribution is -2.42. The summed E-state index contributed by atoms with van der Waals surface area (Å²) in [6, 6.07) is 8.35. The van der Waals surface area contributed by atoms with Gasteiger partial charge in [-0.1, -0.05) is 18.2 Å². The summed E-state index contributed by atoms with van der Waals surface area (Å²) < 4.78 is 0. The maximum Gasteiger partial charge on any atom is 0.325 e. The number of nitro benzene ring substituents is 2. The van der Waals surface area contributed by atoms with Crippen molar-refractivity contribution in [2.75, 3.05) is 11.9 Å². The van der Waals surface area contributed by atoms with Gasteiger partial charge in [-0.2, -0.15) is 0 Å². The van der Waals surface area contributed by atoms with Crippen molar-refractivity contribution in [3.63, 3.8) is 0 Å². The van der Waals surface area contributed by atoms with Crippen LogP contribution in [0.2, 0.25) is 0 Å². The molecule has 1 fully saturated rings. The average Bonchev–Trinajstić information content (AvgIpc) is 2.93. The number of aryl methyl sites for hydroxylation is 1. The van der Waals surface area contributed by atoms with Crippen LogP contribution in [0.4, 0.5) is 21.9 Å². The van der Waals surface area contributed by atoms with Gasteiger partial charge < -0.3 is 10.6 Å². The summed E-state index contributed by atoms with van der Waals surface area (Å²) in [7, 11) is 0. The van der Waals surface area contributed by atoms with E-state index in [0.29, 0.717) is 10.5 Å².